The molecule has 22 heavy (non-hydrogen) atoms. The Morgan fingerprint density at radius 3 is 2.23 bits per heavy atom. The minimum Gasteiger partial charge on any atom is -0.394 e. The monoisotopic (exact) mass is 312 g/mol. The van der Waals surface area contributed by atoms with Crippen LogP contribution < -0.4 is 0 Å². The van der Waals surface area contributed by atoms with Crippen molar-refractivity contribution in [3.63, 3.8) is 0 Å². The van der Waals surface area contributed by atoms with Crippen molar-refractivity contribution in [1.82, 2.24) is 0 Å². The van der Waals surface area contributed by atoms with Crippen LogP contribution in [0.1, 0.15) is 46.1 Å². The van der Waals surface area contributed by atoms with Crippen LogP contribution in [0, 0.1) is 0 Å². The van der Waals surface area contributed by atoms with Crippen molar-refractivity contribution in [3.05, 3.63) is 35.9 Å². The Balaban J connectivity index is 0.00000102. The second-order valence-electron chi connectivity index (χ2n) is 4.69. The van der Waals surface area contributed by atoms with Gasteiger partial charge in [-0.3, -0.25) is 0 Å². The van der Waals surface area contributed by atoms with Crippen molar-refractivity contribution in [1.29, 1.82) is 0 Å². The SMILES string of the molecule is CC.CC.OCC1CC(O)CC(COCc2ccccc2)O1. The number of ether oxygens (including phenoxy) is 2. The van der Waals surface area contributed by atoms with Gasteiger partial charge < -0.3 is 19.7 Å². The van der Waals surface area contributed by atoms with Crippen LogP contribution in [0.4, 0.5) is 0 Å². The smallest absolute Gasteiger partial charge is 0.0838 e. The summed E-state index contributed by atoms with van der Waals surface area (Å²) in [5.74, 6) is 0. The molecule has 0 spiro atoms. The summed E-state index contributed by atoms with van der Waals surface area (Å²) in [4.78, 5) is 0. The van der Waals surface area contributed by atoms with Crippen LogP contribution in [-0.4, -0.2) is 41.7 Å². The minimum absolute atomic E-state index is 0.0494. The Bertz CT molecular complexity index is 342. The predicted molar refractivity (Wildman–Crippen MR) is 89.8 cm³/mol. The fraction of sp³-hybridized carbons (Fsp3) is 0.667. The maximum atomic E-state index is 9.65. The van der Waals surface area contributed by atoms with Gasteiger partial charge in [0.05, 0.1) is 38.1 Å². The lowest BCUT2D eigenvalue weighted by atomic mass is 10.0. The number of hydrogen-bond acceptors (Lipinski definition) is 4. The van der Waals surface area contributed by atoms with Crippen molar-refractivity contribution < 1.29 is 19.7 Å². The third-order valence-corrected chi connectivity index (χ3v) is 3.07. The van der Waals surface area contributed by atoms with Crippen molar-refractivity contribution in [2.24, 2.45) is 0 Å². The molecule has 1 aliphatic rings. The summed E-state index contributed by atoms with van der Waals surface area (Å²) in [6.07, 6.45) is 0.284. The molecule has 0 radical (unpaired) electrons. The lowest BCUT2D eigenvalue weighted by molar-refractivity contribution is -0.135. The van der Waals surface area contributed by atoms with Crippen LogP contribution in [0.15, 0.2) is 30.3 Å². The van der Waals surface area contributed by atoms with Gasteiger partial charge in [-0.05, 0) is 5.56 Å². The summed E-state index contributed by atoms with van der Waals surface area (Å²) < 4.78 is 11.2. The third kappa shape index (κ3) is 8.49. The molecule has 128 valence electrons. The number of aliphatic hydroxyl groups is 2. The van der Waals surface area contributed by atoms with Gasteiger partial charge in [-0.25, -0.2) is 0 Å². The van der Waals surface area contributed by atoms with Crippen molar-refractivity contribution in [3.8, 4) is 0 Å². The van der Waals surface area contributed by atoms with Crippen LogP contribution in [0.2, 0.25) is 0 Å². The number of aliphatic hydroxyl groups excluding tert-OH is 2. The molecule has 1 fully saturated rings. The zero-order valence-corrected chi connectivity index (χ0v) is 14.4. The van der Waals surface area contributed by atoms with E-state index in [4.69, 9.17) is 14.6 Å². The fourth-order valence-corrected chi connectivity index (χ4v) is 2.19. The van der Waals surface area contributed by atoms with E-state index in [0.717, 1.165) is 5.56 Å². The lowest BCUT2D eigenvalue weighted by Gasteiger charge is -2.32. The van der Waals surface area contributed by atoms with Gasteiger partial charge in [-0.1, -0.05) is 58.0 Å². The molecule has 1 heterocycles. The number of hydrogen-bond donors (Lipinski definition) is 2. The molecule has 1 saturated heterocycles. The van der Waals surface area contributed by atoms with Gasteiger partial charge in [0.2, 0.25) is 0 Å². The highest BCUT2D eigenvalue weighted by Gasteiger charge is 2.27. The molecule has 1 aromatic carbocycles. The molecule has 4 nitrogen and oxygen atoms in total. The minimum atomic E-state index is -0.402. The van der Waals surface area contributed by atoms with E-state index in [0.29, 0.717) is 26.1 Å². The quantitative estimate of drug-likeness (QED) is 0.877. The van der Waals surface area contributed by atoms with Gasteiger partial charge in [0.25, 0.3) is 0 Å². The van der Waals surface area contributed by atoms with Gasteiger partial charge in [-0.2, -0.15) is 0 Å². The summed E-state index contributed by atoms with van der Waals surface area (Å²) in [5, 5.41) is 18.7. The Morgan fingerprint density at radius 1 is 1.05 bits per heavy atom. The predicted octanol–water partition coefficient (Wildman–Crippen LogP) is 3.16. The van der Waals surface area contributed by atoms with Crippen molar-refractivity contribution in [2.75, 3.05) is 13.2 Å². The van der Waals surface area contributed by atoms with E-state index >= 15 is 0 Å². The van der Waals surface area contributed by atoms with Crippen molar-refractivity contribution >= 4 is 0 Å². The Hall–Kier alpha value is -0.940. The topological polar surface area (TPSA) is 58.9 Å². The molecule has 2 N–H and O–H groups in total. The highest BCUT2D eigenvalue weighted by atomic mass is 16.5. The number of rotatable bonds is 5. The average Bonchev–Trinajstić information content (AvgIpc) is 2.59. The van der Waals surface area contributed by atoms with Gasteiger partial charge >= 0.3 is 0 Å². The molecule has 3 unspecified atom stereocenters. The molecule has 2 rings (SSSR count). The van der Waals surface area contributed by atoms with Gasteiger partial charge in [0.1, 0.15) is 0 Å². The normalized spacial score (nSPS) is 23.6. The first-order chi connectivity index (χ1) is 10.8. The summed E-state index contributed by atoms with van der Waals surface area (Å²) in [6.45, 7) is 8.94. The van der Waals surface area contributed by atoms with E-state index in [1.165, 1.54) is 0 Å². The molecule has 4 heteroatoms. The highest BCUT2D eigenvalue weighted by molar-refractivity contribution is 5.13. The first kappa shape index (κ1) is 21.1. The van der Waals surface area contributed by atoms with Crippen LogP contribution >= 0.6 is 0 Å². The zero-order chi connectivity index (χ0) is 16.8. The first-order valence-corrected chi connectivity index (χ1v) is 8.34. The largest absolute Gasteiger partial charge is 0.394 e. The maximum Gasteiger partial charge on any atom is 0.0838 e. The van der Waals surface area contributed by atoms with Gasteiger partial charge in [0, 0.05) is 12.8 Å². The molecule has 0 saturated carbocycles. The molecular weight excluding hydrogens is 280 g/mol. The Morgan fingerprint density at radius 2 is 1.64 bits per heavy atom. The summed E-state index contributed by atoms with van der Waals surface area (Å²) in [7, 11) is 0. The Labute approximate surface area is 135 Å². The van der Waals surface area contributed by atoms with Crippen LogP contribution in [0.5, 0.6) is 0 Å². The molecular formula is C18H32O4. The van der Waals surface area contributed by atoms with E-state index in [2.05, 4.69) is 0 Å². The van der Waals surface area contributed by atoms with E-state index in [1.807, 2.05) is 58.0 Å². The number of benzene rings is 1. The van der Waals surface area contributed by atoms with Gasteiger partial charge in [-0.15, -0.1) is 0 Å². The molecule has 1 aromatic rings. The van der Waals surface area contributed by atoms with E-state index in [1.54, 1.807) is 0 Å². The zero-order valence-electron chi connectivity index (χ0n) is 14.4. The van der Waals surface area contributed by atoms with Crippen molar-refractivity contribution in [2.45, 2.75) is 65.5 Å². The summed E-state index contributed by atoms with van der Waals surface area (Å²) in [5.41, 5.74) is 1.12. The summed E-state index contributed by atoms with van der Waals surface area (Å²) >= 11 is 0. The second-order valence-corrected chi connectivity index (χ2v) is 4.69. The first-order valence-electron chi connectivity index (χ1n) is 8.34. The van der Waals surface area contributed by atoms with E-state index < -0.39 is 6.10 Å². The van der Waals surface area contributed by atoms with E-state index in [-0.39, 0.29) is 18.8 Å². The van der Waals surface area contributed by atoms with Crippen LogP contribution in [0.25, 0.3) is 0 Å². The Kier molecular flexibility index (Phi) is 13.1. The van der Waals surface area contributed by atoms with Crippen LogP contribution in [-0.2, 0) is 16.1 Å². The third-order valence-electron chi connectivity index (χ3n) is 3.07. The summed E-state index contributed by atoms with van der Waals surface area (Å²) in [6, 6.07) is 9.93. The van der Waals surface area contributed by atoms with Crippen LogP contribution in [0.3, 0.4) is 0 Å². The highest BCUT2D eigenvalue weighted by Crippen LogP contribution is 2.20. The molecule has 1 aliphatic heterocycles. The molecule has 0 aliphatic carbocycles. The molecule has 0 amide bonds. The fourth-order valence-electron chi connectivity index (χ4n) is 2.19. The lowest BCUT2D eigenvalue weighted by Crippen LogP contribution is -2.39. The average molecular weight is 312 g/mol. The standard InChI is InChI=1S/C14H20O4.2C2H6/c15-8-13-6-12(16)7-14(18-13)10-17-9-11-4-2-1-3-5-11;2*1-2/h1-5,12-16H,6-10H2;2*1-2H3. The van der Waals surface area contributed by atoms with E-state index in [9.17, 15) is 5.11 Å². The maximum absolute atomic E-state index is 9.65. The van der Waals surface area contributed by atoms with Gasteiger partial charge in [0.15, 0.2) is 0 Å². The molecule has 3 atom stereocenters. The molecule has 0 aromatic heterocycles. The second kappa shape index (κ2) is 13.7. The molecule has 0 bridgehead atoms.